The monoisotopic (exact) mass is 256 g/mol. The van der Waals surface area contributed by atoms with Gasteiger partial charge in [0.2, 0.25) is 0 Å². The second-order valence-electron chi connectivity index (χ2n) is 2.62. The molecule has 0 aliphatic carbocycles. The summed E-state index contributed by atoms with van der Waals surface area (Å²) in [6.45, 7) is 1.35. The highest BCUT2D eigenvalue weighted by Gasteiger charge is 2.22. The van der Waals surface area contributed by atoms with Crippen LogP contribution in [0.5, 0.6) is 5.75 Å². The minimum Gasteiger partial charge on any atom is -0.505 e. The quantitative estimate of drug-likeness (QED) is 0.756. The summed E-state index contributed by atoms with van der Waals surface area (Å²) in [6, 6.07) is 1.20. The summed E-state index contributed by atoms with van der Waals surface area (Å²) in [5.74, 6) is -0.698. The van der Waals surface area contributed by atoms with Crippen molar-refractivity contribution in [2.45, 2.75) is 11.8 Å². The Kier molecular flexibility index (Phi) is 2.96. The van der Waals surface area contributed by atoms with E-state index in [9.17, 15) is 13.5 Å². The molecular formula is C7H6Cl2O4S. The van der Waals surface area contributed by atoms with Crippen LogP contribution < -0.4 is 0 Å². The molecule has 0 heterocycles. The van der Waals surface area contributed by atoms with Crippen molar-refractivity contribution in [3.63, 3.8) is 0 Å². The van der Waals surface area contributed by atoms with Crippen LogP contribution in [0.25, 0.3) is 0 Å². The van der Waals surface area contributed by atoms with Crippen molar-refractivity contribution in [1.29, 1.82) is 0 Å². The predicted molar refractivity (Wildman–Crippen MR) is 52.7 cm³/mol. The first-order chi connectivity index (χ1) is 6.25. The lowest BCUT2D eigenvalue weighted by Gasteiger charge is -2.08. The average molecular weight is 257 g/mol. The molecule has 0 amide bonds. The Morgan fingerprint density at radius 1 is 1.29 bits per heavy atom. The third kappa shape index (κ3) is 1.95. The smallest absolute Gasteiger partial charge is 0.298 e. The Morgan fingerprint density at radius 2 is 1.79 bits per heavy atom. The first-order valence-corrected chi connectivity index (χ1v) is 5.59. The summed E-state index contributed by atoms with van der Waals surface area (Å²) in [5.41, 5.74) is 0.0519. The molecule has 2 N–H and O–H groups in total. The lowest BCUT2D eigenvalue weighted by molar-refractivity contribution is 0.442. The predicted octanol–water partition coefficient (Wildman–Crippen LogP) is 2.25. The van der Waals surface area contributed by atoms with Gasteiger partial charge in [-0.3, -0.25) is 4.55 Å². The molecule has 0 bridgehead atoms. The Labute approximate surface area is 90.8 Å². The van der Waals surface area contributed by atoms with Gasteiger partial charge in [0.25, 0.3) is 10.1 Å². The summed E-state index contributed by atoms with van der Waals surface area (Å²) in [5, 5.41) is 9.14. The van der Waals surface area contributed by atoms with Gasteiger partial charge < -0.3 is 5.11 Å². The van der Waals surface area contributed by atoms with Crippen molar-refractivity contribution >= 4 is 33.3 Å². The summed E-state index contributed by atoms with van der Waals surface area (Å²) in [6.07, 6.45) is 0. The van der Waals surface area contributed by atoms with Crippen molar-refractivity contribution < 1.29 is 18.1 Å². The largest absolute Gasteiger partial charge is 0.505 e. The molecule has 0 fully saturated rings. The van der Waals surface area contributed by atoms with Crippen LogP contribution in [0.3, 0.4) is 0 Å². The molecule has 0 radical (unpaired) electrons. The molecule has 1 aromatic carbocycles. The maximum absolute atomic E-state index is 10.9. The Balaban J connectivity index is 3.74. The van der Waals surface area contributed by atoms with E-state index in [0.717, 1.165) is 0 Å². The number of hydrogen-bond acceptors (Lipinski definition) is 3. The minimum atomic E-state index is -4.53. The van der Waals surface area contributed by atoms with Crippen molar-refractivity contribution in [2.75, 3.05) is 0 Å². The first-order valence-electron chi connectivity index (χ1n) is 3.40. The number of phenols is 1. The zero-order valence-corrected chi connectivity index (χ0v) is 9.28. The maximum Gasteiger partial charge on any atom is 0.298 e. The minimum absolute atomic E-state index is 0.0519. The van der Waals surface area contributed by atoms with Crippen LogP contribution in [-0.2, 0) is 10.1 Å². The molecule has 7 heteroatoms. The number of phenolic OH excluding ortho intramolecular Hbond substituents is 1. The number of aromatic hydroxyl groups is 1. The maximum atomic E-state index is 10.9. The van der Waals surface area contributed by atoms with E-state index in [-0.39, 0.29) is 15.6 Å². The van der Waals surface area contributed by atoms with Gasteiger partial charge in [-0.25, -0.2) is 0 Å². The summed E-state index contributed by atoms with van der Waals surface area (Å²) in [4.78, 5) is -0.657. The van der Waals surface area contributed by atoms with Gasteiger partial charge in [0.15, 0.2) is 5.75 Å². The molecule has 14 heavy (non-hydrogen) atoms. The standard InChI is InChI=1S/C7H6Cl2O4S/c1-3-4(8)2-5(9)6(10)7(3)14(11,12)13/h2,10H,1H3,(H,11,12,13). The topological polar surface area (TPSA) is 74.6 Å². The molecule has 1 rings (SSSR count). The third-order valence-electron chi connectivity index (χ3n) is 1.65. The van der Waals surface area contributed by atoms with Gasteiger partial charge in [0.1, 0.15) is 4.90 Å². The van der Waals surface area contributed by atoms with E-state index in [0.29, 0.717) is 0 Å². The highest BCUT2D eigenvalue weighted by Crippen LogP contribution is 2.37. The fraction of sp³-hybridized carbons (Fsp3) is 0.143. The molecule has 1 aromatic rings. The van der Waals surface area contributed by atoms with Gasteiger partial charge >= 0.3 is 0 Å². The summed E-state index contributed by atoms with van der Waals surface area (Å²) >= 11 is 11.1. The van der Waals surface area contributed by atoms with E-state index in [1.54, 1.807) is 0 Å². The summed E-state index contributed by atoms with van der Waals surface area (Å²) < 4.78 is 30.5. The van der Waals surface area contributed by atoms with E-state index >= 15 is 0 Å². The van der Waals surface area contributed by atoms with Gasteiger partial charge in [0.05, 0.1) is 5.02 Å². The van der Waals surface area contributed by atoms with Crippen molar-refractivity contribution in [3.8, 4) is 5.75 Å². The van der Waals surface area contributed by atoms with E-state index < -0.39 is 20.8 Å². The van der Waals surface area contributed by atoms with E-state index in [1.165, 1.54) is 13.0 Å². The Hall–Kier alpha value is -0.490. The zero-order chi connectivity index (χ0) is 11.1. The van der Waals surface area contributed by atoms with Crippen LogP contribution in [0, 0.1) is 6.92 Å². The third-order valence-corrected chi connectivity index (χ3v) is 3.35. The van der Waals surface area contributed by atoms with Crippen molar-refractivity contribution in [2.24, 2.45) is 0 Å². The second kappa shape index (κ2) is 3.58. The molecule has 0 spiro atoms. The molecule has 0 aliphatic heterocycles. The highest BCUT2D eigenvalue weighted by atomic mass is 35.5. The van der Waals surface area contributed by atoms with E-state index in [1.807, 2.05) is 0 Å². The molecule has 0 aliphatic rings. The summed E-state index contributed by atoms with van der Waals surface area (Å²) in [7, 11) is -4.53. The Morgan fingerprint density at radius 3 is 2.21 bits per heavy atom. The SMILES string of the molecule is Cc1c(Cl)cc(Cl)c(O)c1S(=O)(=O)O. The van der Waals surface area contributed by atoms with Gasteiger partial charge in [-0.15, -0.1) is 0 Å². The molecule has 0 saturated heterocycles. The molecule has 0 unspecified atom stereocenters. The van der Waals surface area contributed by atoms with Gasteiger partial charge in [0, 0.05) is 5.02 Å². The Bertz CT molecular complexity index is 455. The number of halogens is 2. The lowest BCUT2D eigenvalue weighted by Crippen LogP contribution is -2.02. The number of hydrogen-bond donors (Lipinski definition) is 2. The fourth-order valence-corrected chi connectivity index (χ4v) is 2.42. The molecule has 4 nitrogen and oxygen atoms in total. The average Bonchev–Trinajstić information content (AvgIpc) is 1.98. The highest BCUT2D eigenvalue weighted by molar-refractivity contribution is 7.86. The van der Waals surface area contributed by atoms with Crippen LogP contribution in [0.1, 0.15) is 5.56 Å². The van der Waals surface area contributed by atoms with Gasteiger partial charge in [-0.2, -0.15) is 8.42 Å². The van der Waals surface area contributed by atoms with E-state index in [2.05, 4.69) is 0 Å². The first kappa shape index (κ1) is 11.6. The van der Waals surface area contributed by atoms with Crippen LogP contribution in [0.15, 0.2) is 11.0 Å². The van der Waals surface area contributed by atoms with Crippen LogP contribution in [0.2, 0.25) is 10.0 Å². The van der Waals surface area contributed by atoms with Gasteiger partial charge in [-0.05, 0) is 18.6 Å². The second-order valence-corrected chi connectivity index (χ2v) is 4.79. The molecule has 0 saturated carbocycles. The number of benzene rings is 1. The van der Waals surface area contributed by atoms with Crippen LogP contribution >= 0.6 is 23.2 Å². The normalized spacial score (nSPS) is 11.7. The molecule has 0 atom stereocenters. The zero-order valence-electron chi connectivity index (χ0n) is 6.95. The van der Waals surface area contributed by atoms with Crippen molar-refractivity contribution in [3.05, 3.63) is 21.7 Å². The van der Waals surface area contributed by atoms with Crippen molar-refractivity contribution in [1.82, 2.24) is 0 Å². The van der Waals surface area contributed by atoms with Gasteiger partial charge in [-0.1, -0.05) is 23.2 Å². The lowest BCUT2D eigenvalue weighted by atomic mass is 10.2. The fourth-order valence-electron chi connectivity index (χ4n) is 0.998. The molecular weight excluding hydrogens is 251 g/mol. The van der Waals surface area contributed by atoms with Crippen LogP contribution in [0.4, 0.5) is 0 Å². The molecule has 78 valence electrons. The number of rotatable bonds is 1. The van der Waals surface area contributed by atoms with E-state index in [4.69, 9.17) is 27.8 Å². The van der Waals surface area contributed by atoms with Crippen LogP contribution in [-0.4, -0.2) is 18.1 Å². The molecule has 0 aromatic heterocycles.